The maximum absolute atomic E-state index is 12.3. The number of amides is 1. The van der Waals surface area contributed by atoms with Gasteiger partial charge >= 0.3 is 0 Å². The molecule has 2 unspecified atom stereocenters. The fraction of sp³-hybridized carbons (Fsp3) is 0.929. The van der Waals surface area contributed by atoms with Gasteiger partial charge in [0.25, 0.3) is 0 Å². The summed E-state index contributed by atoms with van der Waals surface area (Å²) in [6, 6.07) is 0.285. The number of carbonyl (C=O) groups excluding carboxylic acids is 1. The van der Waals surface area contributed by atoms with E-state index in [2.05, 4.69) is 4.90 Å². The summed E-state index contributed by atoms with van der Waals surface area (Å²) in [7, 11) is 1.76. The maximum Gasteiger partial charge on any atom is 0.236 e. The van der Waals surface area contributed by atoms with Crippen molar-refractivity contribution < 1.29 is 9.53 Å². The van der Waals surface area contributed by atoms with E-state index in [9.17, 15) is 4.79 Å². The Morgan fingerprint density at radius 3 is 2.55 bits per heavy atom. The van der Waals surface area contributed by atoms with Crippen molar-refractivity contribution in [3.8, 4) is 0 Å². The van der Waals surface area contributed by atoms with Crippen LogP contribution in [0.1, 0.15) is 32.1 Å². The first-order chi connectivity index (χ1) is 9.24. The Hall–Kier alpha value is -0.360. The van der Waals surface area contributed by atoms with E-state index in [1.54, 1.807) is 7.11 Å². The molecule has 0 spiro atoms. The van der Waals surface area contributed by atoms with Gasteiger partial charge in [0.1, 0.15) is 0 Å². The fourth-order valence-electron chi connectivity index (χ4n) is 3.15. The molecule has 2 atom stereocenters. The first kappa shape index (κ1) is 17.7. The summed E-state index contributed by atoms with van der Waals surface area (Å²) in [6.07, 6.45) is 5.81. The normalized spacial score (nSPS) is 28.0. The molecule has 2 heterocycles. The second-order valence-corrected chi connectivity index (χ2v) is 5.68. The van der Waals surface area contributed by atoms with Gasteiger partial charge in [-0.15, -0.1) is 12.4 Å². The predicted molar refractivity (Wildman–Crippen MR) is 82.1 cm³/mol. The van der Waals surface area contributed by atoms with Crippen LogP contribution < -0.4 is 5.73 Å². The highest BCUT2D eigenvalue weighted by Crippen LogP contribution is 2.19. The summed E-state index contributed by atoms with van der Waals surface area (Å²) in [4.78, 5) is 16.5. The Morgan fingerprint density at radius 2 is 1.95 bits per heavy atom. The summed E-state index contributed by atoms with van der Waals surface area (Å²) in [5, 5.41) is 0. The van der Waals surface area contributed by atoms with Gasteiger partial charge in [-0.25, -0.2) is 0 Å². The maximum atomic E-state index is 12.3. The zero-order valence-electron chi connectivity index (χ0n) is 12.4. The summed E-state index contributed by atoms with van der Waals surface area (Å²) in [5.74, 6) is 0.272. The minimum absolute atomic E-state index is 0. The van der Waals surface area contributed by atoms with Gasteiger partial charge in [-0.3, -0.25) is 9.69 Å². The Kier molecular flexibility index (Phi) is 7.80. The number of methoxy groups -OCH3 is 1. The number of ether oxygens (including phenoxy) is 1. The SMILES string of the molecule is COC1CCN(CC(=O)N2CCCCC2)C(CN)C1.Cl. The van der Waals surface area contributed by atoms with Crippen LogP contribution in [0.4, 0.5) is 0 Å². The van der Waals surface area contributed by atoms with Crippen LogP contribution >= 0.6 is 12.4 Å². The van der Waals surface area contributed by atoms with Crippen molar-refractivity contribution in [1.29, 1.82) is 0 Å². The fourth-order valence-corrected chi connectivity index (χ4v) is 3.15. The molecule has 2 aliphatic rings. The number of piperidine rings is 2. The molecule has 1 amide bonds. The quantitative estimate of drug-likeness (QED) is 0.837. The Morgan fingerprint density at radius 1 is 1.25 bits per heavy atom. The van der Waals surface area contributed by atoms with Crippen molar-refractivity contribution in [3.05, 3.63) is 0 Å². The summed E-state index contributed by atoms with van der Waals surface area (Å²) < 4.78 is 5.42. The average Bonchev–Trinajstić information content (AvgIpc) is 2.48. The van der Waals surface area contributed by atoms with Crippen molar-refractivity contribution in [2.24, 2.45) is 5.73 Å². The van der Waals surface area contributed by atoms with E-state index in [1.165, 1.54) is 6.42 Å². The van der Waals surface area contributed by atoms with E-state index in [-0.39, 0.29) is 24.4 Å². The number of nitrogens with zero attached hydrogens (tertiary/aromatic N) is 2. The van der Waals surface area contributed by atoms with Crippen LogP contribution in [0.15, 0.2) is 0 Å². The average molecular weight is 306 g/mol. The molecule has 0 bridgehead atoms. The Labute approximate surface area is 128 Å². The van der Waals surface area contributed by atoms with Crippen LogP contribution in [0.2, 0.25) is 0 Å². The van der Waals surface area contributed by atoms with Crippen LogP contribution in [-0.2, 0) is 9.53 Å². The molecule has 0 aliphatic carbocycles. The molecular formula is C14H28ClN3O2. The standard InChI is InChI=1S/C14H27N3O2.ClH/c1-19-13-5-8-17(12(9-13)10-15)11-14(18)16-6-3-2-4-7-16;/h12-13H,2-11,15H2,1H3;1H. The van der Waals surface area contributed by atoms with E-state index < -0.39 is 0 Å². The zero-order chi connectivity index (χ0) is 13.7. The lowest BCUT2D eigenvalue weighted by Gasteiger charge is -2.39. The first-order valence-electron chi connectivity index (χ1n) is 7.49. The first-order valence-corrected chi connectivity index (χ1v) is 7.49. The smallest absolute Gasteiger partial charge is 0.236 e. The number of likely N-dealkylation sites (tertiary alicyclic amines) is 2. The second-order valence-electron chi connectivity index (χ2n) is 5.68. The number of hydrogen-bond acceptors (Lipinski definition) is 4. The van der Waals surface area contributed by atoms with Gasteiger partial charge in [-0.2, -0.15) is 0 Å². The lowest BCUT2D eigenvalue weighted by atomic mass is 9.99. The van der Waals surface area contributed by atoms with Gasteiger partial charge < -0.3 is 15.4 Å². The lowest BCUT2D eigenvalue weighted by Crippen LogP contribution is -2.52. The van der Waals surface area contributed by atoms with Gasteiger partial charge in [0.2, 0.25) is 5.91 Å². The third kappa shape index (κ3) is 4.58. The number of nitrogens with two attached hydrogens (primary N) is 1. The van der Waals surface area contributed by atoms with Crippen LogP contribution in [0, 0.1) is 0 Å². The highest BCUT2D eigenvalue weighted by molar-refractivity contribution is 5.85. The molecule has 2 rings (SSSR count). The predicted octanol–water partition coefficient (Wildman–Crippen LogP) is 0.859. The van der Waals surface area contributed by atoms with E-state index in [4.69, 9.17) is 10.5 Å². The molecular weight excluding hydrogens is 278 g/mol. The Bertz CT molecular complexity index is 298. The molecule has 0 aromatic rings. The number of carbonyl (C=O) groups is 1. The number of halogens is 1. The summed E-state index contributed by atoms with van der Waals surface area (Å²) in [5.41, 5.74) is 5.84. The molecule has 20 heavy (non-hydrogen) atoms. The molecule has 2 fully saturated rings. The van der Waals surface area contributed by atoms with Crippen molar-refractivity contribution in [2.75, 3.05) is 39.8 Å². The lowest BCUT2D eigenvalue weighted by molar-refractivity contribution is -0.134. The molecule has 0 radical (unpaired) electrons. The third-order valence-electron chi connectivity index (χ3n) is 4.44. The molecule has 118 valence electrons. The van der Waals surface area contributed by atoms with Gasteiger partial charge in [-0.1, -0.05) is 0 Å². The Balaban J connectivity index is 0.00000200. The van der Waals surface area contributed by atoms with E-state index in [0.29, 0.717) is 19.2 Å². The minimum Gasteiger partial charge on any atom is -0.381 e. The molecule has 0 saturated carbocycles. The third-order valence-corrected chi connectivity index (χ3v) is 4.44. The van der Waals surface area contributed by atoms with Crippen molar-refractivity contribution in [3.63, 3.8) is 0 Å². The van der Waals surface area contributed by atoms with Crippen molar-refractivity contribution >= 4 is 18.3 Å². The van der Waals surface area contributed by atoms with E-state index >= 15 is 0 Å². The van der Waals surface area contributed by atoms with Crippen molar-refractivity contribution in [2.45, 2.75) is 44.2 Å². The highest BCUT2D eigenvalue weighted by Gasteiger charge is 2.30. The molecule has 0 aromatic heterocycles. The molecule has 6 heteroatoms. The highest BCUT2D eigenvalue weighted by atomic mass is 35.5. The molecule has 5 nitrogen and oxygen atoms in total. The number of rotatable bonds is 4. The van der Waals surface area contributed by atoms with Crippen LogP contribution in [0.5, 0.6) is 0 Å². The van der Waals surface area contributed by atoms with Gasteiger partial charge in [-0.05, 0) is 32.1 Å². The minimum atomic E-state index is 0. The monoisotopic (exact) mass is 305 g/mol. The second kappa shape index (κ2) is 8.82. The summed E-state index contributed by atoms with van der Waals surface area (Å²) in [6.45, 7) is 3.91. The molecule has 0 aromatic carbocycles. The van der Waals surface area contributed by atoms with Gasteiger partial charge in [0.15, 0.2) is 0 Å². The van der Waals surface area contributed by atoms with Crippen LogP contribution in [0.3, 0.4) is 0 Å². The van der Waals surface area contributed by atoms with E-state index in [0.717, 1.165) is 45.3 Å². The van der Waals surface area contributed by atoms with Crippen molar-refractivity contribution in [1.82, 2.24) is 9.80 Å². The zero-order valence-corrected chi connectivity index (χ0v) is 13.2. The molecule has 2 N–H and O–H groups in total. The van der Waals surface area contributed by atoms with Gasteiger partial charge in [0.05, 0.1) is 12.6 Å². The number of hydrogen-bond donors (Lipinski definition) is 1. The molecule has 2 aliphatic heterocycles. The topological polar surface area (TPSA) is 58.8 Å². The van der Waals surface area contributed by atoms with Crippen LogP contribution in [0.25, 0.3) is 0 Å². The van der Waals surface area contributed by atoms with Crippen LogP contribution in [-0.4, -0.2) is 67.7 Å². The largest absolute Gasteiger partial charge is 0.381 e. The molecule has 2 saturated heterocycles. The van der Waals surface area contributed by atoms with E-state index in [1.807, 2.05) is 4.90 Å². The van der Waals surface area contributed by atoms with Gasteiger partial charge in [0, 0.05) is 39.3 Å². The summed E-state index contributed by atoms with van der Waals surface area (Å²) >= 11 is 0.